The highest BCUT2D eigenvalue weighted by Crippen LogP contribution is 2.28. The first-order valence-corrected chi connectivity index (χ1v) is 12.1. The molecule has 0 saturated heterocycles. The maximum absolute atomic E-state index is 12.5. The highest BCUT2D eigenvalue weighted by molar-refractivity contribution is 7.99. The van der Waals surface area contributed by atoms with Crippen LogP contribution in [-0.4, -0.2) is 37.1 Å². The van der Waals surface area contributed by atoms with Gasteiger partial charge >= 0.3 is 0 Å². The van der Waals surface area contributed by atoms with Gasteiger partial charge in [0.25, 0.3) is 11.6 Å². The fraction of sp³-hybridized carbons (Fsp3) is 0.154. The Morgan fingerprint density at radius 3 is 2.36 bits per heavy atom. The highest BCUT2D eigenvalue weighted by Gasteiger charge is 2.17. The summed E-state index contributed by atoms with van der Waals surface area (Å²) in [4.78, 5) is 23.1. The van der Waals surface area contributed by atoms with E-state index >= 15 is 0 Å². The van der Waals surface area contributed by atoms with Crippen LogP contribution in [0.15, 0.2) is 83.1 Å². The number of rotatable bonds is 8. The molecule has 1 heterocycles. The van der Waals surface area contributed by atoms with Crippen LogP contribution in [-0.2, 0) is 4.79 Å². The predicted molar refractivity (Wildman–Crippen MR) is 140 cm³/mol. The van der Waals surface area contributed by atoms with Crippen LogP contribution in [0.5, 0.6) is 0 Å². The summed E-state index contributed by atoms with van der Waals surface area (Å²) < 4.78 is 1.93. The van der Waals surface area contributed by atoms with Gasteiger partial charge in [-0.2, -0.15) is 5.10 Å². The summed E-state index contributed by atoms with van der Waals surface area (Å²) in [6.07, 6.45) is 0. The topological polar surface area (TPSA) is 115 Å². The molecular formula is C26H24N6O3S. The molecule has 0 atom stereocenters. The summed E-state index contributed by atoms with van der Waals surface area (Å²) in [5, 5.41) is 24.4. The Hall–Kier alpha value is -4.31. The number of non-ortho nitro benzene ring substituents is 1. The maximum Gasteiger partial charge on any atom is 0.270 e. The zero-order valence-corrected chi connectivity index (χ0v) is 20.8. The van der Waals surface area contributed by atoms with Crippen molar-refractivity contribution >= 4 is 29.1 Å². The van der Waals surface area contributed by atoms with Gasteiger partial charge in [0.2, 0.25) is 0 Å². The maximum atomic E-state index is 12.5. The van der Waals surface area contributed by atoms with E-state index in [0.717, 1.165) is 22.4 Å². The Morgan fingerprint density at radius 1 is 1.03 bits per heavy atom. The zero-order valence-electron chi connectivity index (χ0n) is 20.0. The molecule has 4 rings (SSSR count). The van der Waals surface area contributed by atoms with Crippen molar-refractivity contribution in [1.29, 1.82) is 0 Å². The summed E-state index contributed by atoms with van der Waals surface area (Å²) >= 11 is 1.25. The van der Waals surface area contributed by atoms with Gasteiger partial charge in [0.1, 0.15) is 0 Å². The SMILES string of the molecule is C/C(=N\NC(=O)CSc1nnc(-c2ccc(C)cc2)n1-c1ccc(C)cc1)c1cccc([N+](=O)[O-])c1. The van der Waals surface area contributed by atoms with Gasteiger partial charge in [0.05, 0.1) is 16.4 Å². The lowest BCUT2D eigenvalue weighted by molar-refractivity contribution is -0.384. The summed E-state index contributed by atoms with van der Waals surface area (Å²) in [6.45, 7) is 5.72. The number of thioether (sulfide) groups is 1. The van der Waals surface area contributed by atoms with E-state index in [2.05, 4.69) is 20.7 Å². The largest absolute Gasteiger partial charge is 0.272 e. The van der Waals surface area contributed by atoms with Crippen LogP contribution >= 0.6 is 11.8 Å². The molecule has 0 aliphatic carbocycles. The number of hydrogen-bond donors (Lipinski definition) is 1. The first-order chi connectivity index (χ1) is 17.3. The van der Waals surface area contributed by atoms with E-state index in [9.17, 15) is 14.9 Å². The minimum absolute atomic E-state index is 0.0382. The first kappa shape index (κ1) is 24.8. The number of amides is 1. The minimum Gasteiger partial charge on any atom is -0.272 e. The number of hydrogen-bond acceptors (Lipinski definition) is 7. The molecule has 1 N–H and O–H groups in total. The number of benzene rings is 3. The van der Waals surface area contributed by atoms with Crippen LogP contribution in [0.1, 0.15) is 23.6 Å². The second-order valence-corrected chi connectivity index (χ2v) is 9.11. The quantitative estimate of drug-likeness (QED) is 0.156. The number of carbonyl (C=O) groups excluding carboxylic acids is 1. The summed E-state index contributed by atoms with van der Waals surface area (Å²) in [5.74, 6) is 0.408. The van der Waals surface area contributed by atoms with E-state index in [0.29, 0.717) is 22.3 Å². The van der Waals surface area contributed by atoms with Crippen molar-refractivity contribution in [3.63, 3.8) is 0 Å². The number of aromatic nitrogens is 3. The van der Waals surface area contributed by atoms with Crippen molar-refractivity contribution in [1.82, 2.24) is 20.2 Å². The third-order valence-corrected chi connectivity index (χ3v) is 6.32. The molecule has 182 valence electrons. The van der Waals surface area contributed by atoms with Gasteiger partial charge in [-0.25, -0.2) is 5.43 Å². The van der Waals surface area contributed by atoms with E-state index < -0.39 is 4.92 Å². The lowest BCUT2D eigenvalue weighted by Crippen LogP contribution is -2.21. The second-order valence-electron chi connectivity index (χ2n) is 8.17. The summed E-state index contributed by atoms with van der Waals surface area (Å²) in [6, 6.07) is 22.1. The number of nitro benzene ring substituents is 1. The molecule has 0 radical (unpaired) electrons. The van der Waals surface area contributed by atoms with Crippen molar-refractivity contribution < 1.29 is 9.72 Å². The molecule has 0 aliphatic rings. The molecule has 0 bridgehead atoms. The van der Waals surface area contributed by atoms with Crippen molar-refractivity contribution in [2.75, 3.05) is 5.75 Å². The normalized spacial score (nSPS) is 11.4. The molecule has 36 heavy (non-hydrogen) atoms. The number of carbonyl (C=O) groups is 1. The first-order valence-electron chi connectivity index (χ1n) is 11.1. The predicted octanol–water partition coefficient (Wildman–Crippen LogP) is 5.09. The highest BCUT2D eigenvalue weighted by atomic mass is 32.2. The number of aryl methyl sites for hydroxylation is 2. The molecule has 3 aromatic carbocycles. The number of nitro groups is 1. The Kier molecular flexibility index (Phi) is 7.55. The fourth-order valence-corrected chi connectivity index (χ4v) is 4.14. The molecule has 0 unspecified atom stereocenters. The van der Waals surface area contributed by atoms with Crippen LogP contribution in [0, 0.1) is 24.0 Å². The standard InChI is InChI=1S/C26H24N6O3S/c1-17-7-11-20(12-8-17)25-29-30-26(31(25)22-13-9-18(2)10-14-22)36-16-24(33)28-27-19(3)21-5-4-6-23(15-21)32(34)35/h4-15H,16H2,1-3H3,(H,28,33)/b27-19+. The van der Waals surface area contributed by atoms with Gasteiger partial charge in [0, 0.05) is 28.9 Å². The molecule has 0 fully saturated rings. The average Bonchev–Trinajstić information content (AvgIpc) is 3.31. The van der Waals surface area contributed by atoms with Crippen molar-refractivity contribution in [3.8, 4) is 17.1 Å². The third kappa shape index (κ3) is 5.84. The molecule has 0 spiro atoms. The molecule has 4 aromatic rings. The van der Waals surface area contributed by atoms with Gasteiger partial charge in [-0.1, -0.05) is 71.4 Å². The van der Waals surface area contributed by atoms with E-state index in [-0.39, 0.29) is 17.3 Å². The summed E-state index contributed by atoms with van der Waals surface area (Å²) in [7, 11) is 0. The molecule has 10 heteroatoms. The van der Waals surface area contributed by atoms with E-state index in [4.69, 9.17) is 0 Å². The molecule has 0 saturated carbocycles. The van der Waals surface area contributed by atoms with Gasteiger partial charge < -0.3 is 0 Å². The Labute approximate surface area is 212 Å². The average molecular weight is 501 g/mol. The van der Waals surface area contributed by atoms with Crippen molar-refractivity contribution in [3.05, 3.63) is 99.6 Å². The van der Waals surface area contributed by atoms with Crippen LogP contribution in [0.25, 0.3) is 17.1 Å². The van der Waals surface area contributed by atoms with Crippen LogP contribution in [0.2, 0.25) is 0 Å². The molecule has 0 aliphatic heterocycles. The lowest BCUT2D eigenvalue weighted by Gasteiger charge is -2.11. The lowest BCUT2D eigenvalue weighted by atomic mass is 10.1. The van der Waals surface area contributed by atoms with Gasteiger partial charge in [-0.15, -0.1) is 10.2 Å². The minimum atomic E-state index is -0.471. The van der Waals surface area contributed by atoms with E-state index in [1.54, 1.807) is 19.1 Å². The van der Waals surface area contributed by atoms with E-state index in [1.165, 1.54) is 23.9 Å². The smallest absolute Gasteiger partial charge is 0.270 e. The monoisotopic (exact) mass is 500 g/mol. The van der Waals surface area contributed by atoms with Gasteiger partial charge in [-0.05, 0) is 32.9 Å². The number of hydrazone groups is 1. The number of nitrogens with zero attached hydrogens (tertiary/aromatic N) is 5. The van der Waals surface area contributed by atoms with Crippen LogP contribution in [0.4, 0.5) is 5.69 Å². The van der Waals surface area contributed by atoms with Crippen LogP contribution in [0.3, 0.4) is 0 Å². The molecular weight excluding hydrogens is 476 g/mol. The fourth-order valence-electron chi connectivity index (χ4n) is 3.40. The van der Waals surface area contributed by atoms with Gasteiger partial charge in [-0.3, -0.25) is 19.5 Å². The third-order valence-electron chi connectivity index (χ3n) is 5.39. The second kappa shape index (κ2) is 11.0. The Morgan fingerprint density at radius 2 is 1.69 bits per heavy atom. The molecule has 9 nitrogen and oxygen atoms in total. The Bertz CT molecular complexity index is 1430. The van der Waals surface area contributed by atoms with Crippen molar-refractivity contribution in [2.45, 2.75) is 25.9 Å². The Balaban J connectivity index is 1.52. The molecule has 1 amide bonds. The van der Waals surface area contributed by atoms with Crippen molar-refractivity contribution in [2.24, 2.45) is 5.10 Å². The van der Waals surface area contributed by atoms with E-state index in [1.807, 2.05) is 66.9 Å². The zero-order chi connectivity index (χ0) is 25.7. The van der Waals surface area contributed by atoms with Gasteiger partial charge in [0.15, 0.2) is 11.0 Å². The summed E-state index contributed by atoms with van der Waals surface area (Å²) in [5.41, 5.74) is 7.58. The number of nitrogens with one attached hydrogen (secondary N) is 1. The van der Waals surface area contributed by atoms with Crippen LogP contribution < -0.4 is 5.43 Å². The molecule has 1 aromatic heterocycles.